The van der Waals surface area contributed by atoms with Gasteiger partial charge >= 0.3 is 0 Å². The highest BCUT2D eigenvalue weighted by Gasteiger charge is 2.12. The summed E-state index contributed by atoms with van der Waals surface area (Å²) in [4.78, 5) is 3.80. The number of hydrogen-bond acceptors (Lipinski definition) is 3. The van der Waals surface area contributed by atoms with Crippen molar-refractivity contribution in [3.05, 3.63) is 53.4 Å². The van der Waals surface area contributed by atoms with Crippen LogP contribution in [0, 0.1) is 0 Å². The molecule has 0 fully saturated rings. The summed E-state index contributed by atoms with van der Waals surface area (Å²) in [5.41, 5.74) is 2.68. The van der Waals surface area contributed by atoms with Crippen molar-refractivity contribution in [2.45, 2.75) is 13.0 Å². The Morgan fingerprint density at radius 2 is 2.20 bits per heavy atom. The number of hydrogen-bond donors (Lipinski definition) is 0. The van der Waals surface area contributed by atoms with Crippen LogP contribution < -0.4 is 4.74 Å². The van der Waals surface area contributed by atoms with Crippen LogP contribution in [0.3, 0.4) is 0 Å². The van der Waals surface area contributed by atoms with E-state index in [1.165, 1.54) is 16.0 Å². The van der Waals surface area contributed by atoms with Crippen LogP contribution in [0.15, 0.2) is 47.9 Å². The van der Waals surface area contributed by atoms with Gasteiger partial charge in [0.25, 0.3) is 0 Å². The Hall–Kier alpha value is -1.58. The Balaban J connectivity index is 1.91. The summed E-state index contributed by atoms with van der Waals surface area (Å²) >= 11 is 1.78. The van der Waals surface area contributed by atoms with Gasteiger partial charge in [-0.25, -0.2) is 0 Å². The highest BCUT2D eigenvalue weighted by atomic mass is 32.1. The zero-order valence-corrected chi connectivity index (χ0v) is 12.5. The minimum Gasteiger partial charge on any atom is -0.497 e. The molecule has 0 bridgehead atoms. The van der Waals surface area contributed by atoms with Crippen LogP contribution in [0.4, 0.5) is 0 Å². The van der Waals surface area contributed by atoms with E-state index >= 15 is 0 Å². The molecule has 2 aromatic rings. The second-order valence-corrected chi connectivity index (χ2v) is 5.94. The number of ether oxygens (including phenoxy) is 1. The lowest BCUT2D eigenvalue weighted by Gasteiger charge is -2.24. The number of benzene rings is 1. The predicted molar refractivity (Wildman–Crippen MR) is 85.3 cm³/mol. The van der Waals surface area contributed by atoms with Crippen molar-refractivity contribution in [3.8, 4) is 16.2 Å². The Bertz CT molecular complexity index is 589. The maximum absolute atomic E-state index is 5.38. The van der Waals surface area contributed by atoms with Gasteiger partial charge in [0.2, 0.25) is 0 Å². The van der Waals surface area contributed by atoms with E-state index in [9.17, 15) is 0 Å². The van der Waals surface area contributed by atoms with E-state index in [2.05, 4.69) is 52.8 Å². The van der Waals surface area contributed by atoms with Gasteiger partial charge in [-0.15, -0.1) is 11.3 Å². The van der Waals surface area contributed by atoms with Gasteiger partial charge in [0.15, 0.2) is 0 Å². The molecule has 20 heavy (non-hydrogen) atoms. The normalized spacial score (nSPS) is 15.4. The number of thiophene rings is 1. The molecule has 3 heteroatoms. The van der Waals surface area contributed by atoms with Gasteiger partial charge in [0.1, 0.15) is 5.75 Å². The number of methoxy groups -OCH3 is 1. The van der Waals surface area contributed by atoms with Gasteiger partial charge in [-0.1, -0.05) is 24.3 Å². The molecule has 2 heterocycles. The summed E-state index contributed by atoms with van der Waals surface area (Å²) in [6.45, 7) is 3.20. The van der Waals surface area contributed by atoms with Gasteiger partial charge in [0.05, 0.1) is 7.11 Å². The summed E-state index contributed by atoms with van der Waals surface area (Å²) in [6, 6.07) is 10.7. The minimum absolute atomic E-state index is 0.927. The van der Waals surface area contributed by atoms with Crippen molar-refractivity contribution >= 4 is 11.3 Å². The van der Waals surface area contributed by atoms with E-state index in [-0.39, 0.29) is 0 Å². The smallest absolute Gasteiger partial charge is 0.119 e. The monoisotopic (exact) mass is 285 g/mol. The van der Waals surface area contributed by atoms with E-state index in [1.807, 2.05) is 0 Å². The second kappa shape index (κ2) is 6.25. The third kappa shape index (κ3) is 2.94. The molecule has 1 aliphatic rings. The average Bonchev–Trinajstić information content (AvgIpc) is 3.03. The summed E-state index contributed by atoms with van der Waals surface area (Å²) in [5.74, 6) is 0.927. The van der Waals surface area contributed by atoms with E-state index in [0.29, 0.717) is 0 Å². The molecule has 3 rings (SSSR count). The Morgan fingerprint density at radius 1 is 1.25 bits per heavy atom. The summed E-state index contributed by atoms with van der Waals surface area (Å²) < 4.78 is 5.38. The van der Waals surface area contributed by atoms with E-state index in [0.717, 1.165) is 31.8 Å². The Labute approximate surface area is 124 Å². The largest absolute Gasteiger partial charge is 0.497 e. The SMILES string of the molecule is COc1ccc(CN2CC=CCC2)c(-c2cccs2)c1. The van der Waals surface area contributed by atoms with Gasteiger partial charge < -0.3 is 4.74 Å². The zero-order chi connectivity index (χ0) is 13.8. The lowest BCUT2D eigenvalue weighted by atomic mass is 10.0. The number of nitrogens with zero attached hydrogens (tertiary/aromatic N) is 1. The molecule has 1 aliphatic heterocycles. The maximum atomic E-state index is 5.38. The van der Waals surface area contributed by atoms with Gasteiger partial charge in [-0.05, 0) is 41.1 Å². The van der Waals surface area contributed by atoms with Gasteiger partial charge in [0, 0.05) is 24.5 Å². The summed E-state index contributed by atoms with van der Waals surface area (Å²) in [7, 11) is 1.72. The molecule has 2 nitrogen and oxygen atoms in total. The summed E-state index contributed by atoms with van der Waals surface area (Å²) in [5, 5.41) is 2.13. The first-order valence-electron chi connectivity index (χ1n) is 6.95. The predicted octanol–water partition coefficient (Wildman–Crippen LogP) is 4.19. The lowest BCUT2D eigenvalue weighted by Crippen LogP contribution is -2.26. The topological polar surface area (TPSA) is 12.5 Å². The molecule has 0 amide bonds. The first-order chi connectivity index (χ1) is 9.86. The van der Waals surface area contributed by atoms with E-state index in [4.69, 9.17) is 4.74 Å². The molecule has 1 aromatic carbocycles. The van der Waals surface area contributed by atoms with E-state index in [1.54, 1.807) is 18.4 Å². The molecule has 0 N–H and O–H groups in total. The quantitative estimate of drug-likeness (QED) is 0.781. The van der Waals surface area contributed by atoms with Crippen molar-refractivity contribution in [1.82, 2.24) is 4.90 Å². The van der Waals surface area contributed by atoms with Crippen molar-refractivity contribution in [3.63, 3.8) is 0 Å². The van der Waals surface area contributed by atoms with Crippen molar-refractivity contribution in [2.24, 2.45) is 0 Å². The first-order valence-corrected chi connectivity index (χ1v) is 7.83. The van der Waals surface area contributed by atoms with Crippen LogP contribution in [0.5, 0.6) is 5.75 Å². The summed E-state index contributed by atoms with van der Waals surface area (Å²) in [6.07, 6.45) is 5.69. The molecule has 1 aromatic heterocycles. The third-order valence-corrected chi connectivity index (χ3v) is 4.54. The van der Waals surface area contributed by atoms with Crippen LogP contribution in [0.2, 0.25) is 0 Å². The molecule has 0 spiro atoms. The second-order valence-electron chi connectivity index (χ2n) is 5.00. The third-order valence-electron chi connectivity index (χ3n) is 3.64. The van der Waals surface area contributed by atoms with Crippen LogP contribution in [0.1, 0.15) is 12.0 Å². The zero-order valence-electron chi connectivity index (χ0n) is 11.7. The molecule has 0 saturated heterocycles. The van der Waals surface area contributed by atoms with Crippen LogP contribution in [-0.2, 0) is 6.54 Å². The maximum Gasteiger partial charge on any atom is 0.119 e. The van der Waals surface area contributed by atoms with Crippen molar-refractivity contribution in [1.29, 1.82) is 0 Å². The first kappa shape index (κ1) is 13.4. The Morgan fingerprint density at radius 3 is 2.90 bits per heavy atom. The molecule has 0 radical (unpaired) electrons. The lowest BCUT2D eigenvalue weighted by molar-refractivity contribution is 0.291. The highest BCUT2D eigenvalue weighted by molar-refractivity contribution is 7.13. The fourth-order valence-electron chi connectivity index (χ4n) is 2.56. The molecular weight excluding hydrogens is 266 g/mol. The Kier molecular flexibility index (Phi) is 4.19. The van der Waals surface area contributed by atoms with E-state index < -0.39 is 0 Å². The standard InChI is InChI=1S/C17H19NOS/c1-19-15-8-7-14(13-18-9-3-2-4-10-18)16(12-15)17-6-5-11-20-17/h2-3,5-8,11-12H,4,9-10,13H2,1H3. The fourth-order valence-corrected chi connectivity index (χ4v) is 3.33. The molecule has 0 atom stereocenters. The minimum atomic E-state index is 0.927. The fraction of sp³-hybridized carbons (Fsp3) is 0.294. The molecular formula is C17H19NOS. The van der Waals surface area contributed by atoms with Crippen molar-refractivity contribution < 1.29 is 4.74 Å². The average molecular weight is 285 g/mol. The number of rotatable bonds is 4. The highest BCUT2D eigenvalue weighted by Crippen LogP contribution is 2.32. The van der Waals surface area contributed by atoms with Crippen molar-refractivity contribution in [2.75, 3.05) is 20.2 Å². The molecule has 0 unspecified atom stereocenters. The molecule has 0 saturated carbocycles. The van der Waals surface area contributed by atoms with Crippen LogP contribution in [-0.4, -0.2) is 25.1 Å². The molecule has 0 aliphatic carbocycles. The van der Waals surface area contributed by atoms with Crippen LogP contribution in [0.25, 0.3) is 10.4 Å². The van der Waals surface area contributed by atoms with Crippen LogP contribution >= 0.6 is 11.3 Å². The van der Waals surface area contributed by atoms with Gasteiger partial charge in [-0.3, -0.25) is 4.90 Å². The van der Waals surface area contributed by atoms with Gasteiger partial charge in [-0.2, -0.15) is 0 Å². The molecule has 104 valence electrons.